The number of methoxy groups -OCH3 is 1. The van der Waals surface area contributed by atoms with E-state index in [-0.39, 0.29) is 10.6 Å². The van der Waals surface area contributed by atoms with Crippen molar-refractivity contribution in [2.24, 2.45) is 0 Å². The number of nitrogens with zero attached hydrogens (tertiary/aromatic N) is 2. The Balaban J connectivity index is 1.96. The number of anilines is 1. The lowest BCUT2D eigenvalue weighted by Crippen LogP contribution is -2.14. The maximum Gasteiger partial charge on any atom is 0.265 e. The second-order valence-electron chi connectivity index (χ2n) is 4.70. The minimum atomic E-state index is -3.88. The molecule has 0 unspecified atom stereocenters. The number of nitrogens with one attached hydrogen (secondary N) is 1. The van der Waals surface area contributed by atoms with E-state index in [0.29, 0.717) is 10.7 Å². The highest BCUT2D eigenvalue weighted by atomic mass is 35.5. The van der Waals surface area contributed by atoms with Crippen molar-refractivity contribution < 1.29 is 13.2 Å². The first-order valence-corrected chi connectivity index (χ1v) is 9.45. The number of thiazole rings is 1. The molecule has 2 heterocycles. The van der Waals surface area contributed by atoms with E-state index in [2.05, 4.69) is 14.7 Å². The van der Waals surface area contributed by atoms with Gasteiger partial charge in [-0.05, 0) is 24.3 Å². The quantitative estimate of drug-likeness (QED) is 0.729. The average molecular weight is 382 g/mol. The van der Waals surface area contributed by atoms with Crippen LogP contribution in [0.1, 0.15) is 0 Å². The number of rotatable bonds is 5. The summed E-state index contributed by atoms with van der Waals surface area (Å²) in [5, 5.41) is 2.89. The molecule has 24 heavy (non-hydrogen) atoms. The van der Waals surface area contributed by atoms with Gasteiger partial charge in [-0.3, -0.25) is 9.71 Å². The summed E-state index contributed by atoms with van der Waals surface area (Å²) in [5.41, 5.74) is 1.05. The highest BCUT2D eigenvalue weighted by molar-refractivity contribution is 7.92. The van der Waals surface area contributed by atoms with Gasteiger partial charge in [-0.25, -0.2) is 13.4 Å². The van der Waals surface area contributed by atoms with Gasteiger partial charge < -0.3 is 4.74 Å². The van der Waals surface area contributed by atoms with Crippen LogP contribution in [0.25, 0.3) is 10.6 Å². The number of ether oxygens (including phenoxy) is 1. The maximum absolute atomic E-state index is 12.6. The highest BCUT2D eigenvalue weighted by Crippen LogP contribution is 2.29. The molecule has 3 rings (SSSR count). The maximum atomic E-state index is 12.6. The zero-order valence-corrected chi connectivity index (χ0v) is 14.8. The third-order valence-electron chi connectivity index (χ3n) is 3.08. The molecule has 1 N–H and O–H groups in total. The standard InChI is InChI=1S/C15H12ClN3O3S2/c1-22-13-3-2-11(16)7-14(13)24(20,21)19-12-6-10(8-17-9-12)15-18-4-5-23-15/h2-9,19H,1H3. The van der Waals surface area contributed by atoms with Crippen LogP contribution in [-0.2, 0) is 10.0 Å². The van der Waals surface area contributed by atoms with Gasteiger partial charge in [0.2, 0.25) is 0 Å². The van der Waals surface area contributed by atoms with Crippen LogP contribution < -0.4 is 9.46 Å². The van der Waals surface area contributed by atoms with Crippen LogP contribution in [0.3, 0.4) is 0 Å². The molecule has 6 nitrogen and oxygen atoms in total. The molecule has 0 bridgehead atoms. The fourth-order valence-electron chi connectivity index (χ4n) is 2.05. The van der Waals surface area contributed by atoms with Crippen molar-refractivity contribution in [3.63, 3.8) is 0 Å². The summed E-state index contributed by atoms with van der Waals surface area (Å²) in [6.07, 6.45) is 4.72. The number of hydrogen-bond acceptors (Lipinski definition) is 6. The predicted molar refractivity (Wildman–Crippen MR) is 94.2 cm³/mol. The largest absolute Gasteiger partial charge is 0.495 e. The van der Waals surface area contributed by atoms with Crippen LogP contribution >= 0.6 is 22.9 Å². The van der Waals surface area contributed by atoms with Gasteiger partial charge in [0, 0.05) is 28.4 Å². The normalized spacial score (nSPS) is 11.2. The topological polar surface area (TPSA) is 81.2 Å². The molecule has 0 aliphatic carbocycles. The Morgan fingerprint density at radius 2 is 2.08 bits per heavy atom. The van der Waals surface area contributed by atoms with Crippen LogP contribution in [0, 0.1) is 0 Å². The van der Waals surface area contributed by atoms with Gasteiger partial charge in [-0.15, -0.1) is 11.3 Å². The minimum Gasteiger partial charge on any atom is -0.495 e. The van der Waals surface area contributed by atoms with Crippen molar-refractivity contribution in [3.8, 4) is 16.3 Å². The lowest BCUT2D eigenvalue weighted by atomic mass is 10.3. The van der Waals surface area contributed by atoms with Crippen LogP contribution in [0.4, 0.5) is 5.69 Å². The SMILES string of the molecule is COc1ccc(Cl)cc1S(=O)(=O)Nc1cncc(-c2nccs2)c1. The first-order valence-electron chi connectivity index (χ1n) is 6.71. The molecule has 1 aromatic carbocycles. The van der Waals surface area contributed by atoms with E-state index in [4.69, 9.17) is 16.3 Å². The van der Waals surface area contributed by atoms with Crippen LogP contribution in [-0.4, -0.2) is 25.5 Å². The van der Waals surface area contributed by atoms with Gasteiger partial charge in [0.1, 0.15) is 15.7 Å². The molecule has 0 fully saturated rings. The molecular weight excluding hydrogens is 370 g/mol. The Morgan fingerprint density at radius 3 is 2.79 bits per heavy atom. The molecule has 124 valence electrons. The molecule has 0 saturated carbocycles. The Bertz CT molecular complexity index is 960. The first kappa shape index (κ1) is 16.7. The first-order chi connectivity index (χ1) is 11.5. The molecular formula is C15H12ClN3O3S2. The molecule has 0 aliphatic rings. The van der Waals surface area contributed by atoms with Crippen molar-refractivity contribution >= 4 is 38.6 Å². The summed E-state index contributed by atoms with van der Waals surface area (Å²) in [7, 11) is -2.48. The average Bonchev–Trinajstić information content (AvgIpc) is 3.09. The second-order valence-corrected chi connectivity index (χ2v) is 7.68. The predicted octanol–water partition coefficient (Wildman–Crippen LogP) is 3.67. The van der Waals surface area contributed by atoms with Crippen LogP contribution in [0.5, 0.6) is 5.75 Å². The summed E-state index contributed by atoms with van der Waals surface area (Å²) in [6.45, 7) is 0. The van der Waals surface area contributed by atoms with Gasteiger partial charge >= 0.3 is 0 Å². The van der Waals surface area contributed by atoms with E-state index in [1.165, 1.54) is 36.8 Å². The molecule has 0 atom stereocenters. The number of hydrogen-bond donors (Lipinski definition) is 1. The third kappa shape index (κ3) is 3.50. The molecule has 9 heteroatoms. The molecule has 3 aromatic rings. The Hall–Kier alpha value is -2.16. The fraction of sp³-hybridized carbons (Fsp3) is 0.0667. The van der Waals surface area contributed by atoms with Gasteiger partial charge in [-0.2, -0.15) is 0 Å². The number of sulfonamides is 1. The zero-order valence-electron chi connectivity index (χ0n) is 12.4. The Kier molecular flexibility index (Phi) is 4.70. The second kappa shape index (κ2) is 6.76. The third-order valence-corrected chi connectivity index (χ3v) is 5.54. The molecule has 0 saturated heterocycles. The number of halogens is 1. The summed E-state index contributed by atoms with van der Waals surface area (Å²) in [5.74, 6) is 0.205. The summed E-state index contributed by atoms with van der Waals surface area (Å²) in [4.78, 5) is 8.20. The lowest BCUT2D eigenvalue weighted by molar-refractivity contribution is 0.403. The van der Waals surface area contributed by atoms with E-state index in [1.807, 2.05) is 5.38 Å². The zero-order chi connectivity index (χ0) is 17.2. The minimum absolute atomic E-state index is 0.0443. The fourth-order valence-corrected chi connectivity index (χ4v) is 4.14. The van der Waals surface area contributed by atoms with Crippen LogP contribution in [0.15, 0.2) is 53.1 Å². The van der Waals surface area contributed by atoms with Gasteiger partial charge in [0.05, 0.1) is 19.0 Å². The van der Waals surface area contributed by atoms with Gasteiger partial charge in [-0.1, -0.05) is 11.6 Å². The Labute approximate surface area is 148 Å². The van der Waals surface area contributed by atoms with E-state index in [9.17, 15) is 8.42 Å². The molecule has 0 spiro atoms. The smallest absolute Gasteiger partial charge is 0.265 e. The Morgan fingerprint density at radius 1 is 1.25 bits per heavy atom. The van der Waals surface area contributed by atoms with E-state index in [0.717, 1.165) is 10.6 Å². The summed E-state index contributed by atoms with van der Waals surface area (Å²) in [6, 6.07) is 6.06. The van der Waals surface area contributed by atoms with Crippen molar-refractivity contribution in [3.05, 3.63) is 53.3 Å². The van der Waals surface area contributed by atoms with Gasteiger partial charge in [0.15, 0.2) is 0 Å². The number of benzene rings is 1. The summed E-state index contributed by atoms with van der Waals surface area (Å²) < 4.78 is 32.9. The molecule has 0 amide bonds. The number of aromatic nitrogens is 2. The van der Waals surface area contributed by atoms with Crippen molar-refractivity contribution in [2.75, 3.05) is 11.8 Å². The van der Waals surface area contributed by atoms with E-state index >= 15 is 0 Å². The van der Waals surface area contributed by atoms with E-state index < -0.39 is 10.0 Å². The monoisotopic (exact) mass is 381 g/mol. The van der Waals surface area contributed by atoms with Gasteiger partial charge in [0.25, 0.3) is 10.0 Å². The van der Waals surface area contributed by atoms with Crippen molar-refractivity contribution in [2.45, 2.75) is 4.90 Å². The van der Waals surface area contributed by atoms with Crippen molar-refractivity contribution in [1.82, 2.24) is 9.97 Å². The highest BCUT2D eigenvalue weighted by Gasteiger charge is 2.20. The molecule has 0 aliphatic heterocycles. The van der Waals surface area contributed by atoms with Crippen molar-refractivity contribution in [1.29, 1.82) is 0 Å². The van der Waals surface area contributed by atoms with E-state index in [1.54, 1.807) is 24.5 Å². The summed E-state index contributed by atoms with van der Waals surface area (Å²) >= 11 is 7.35. The lowest BCUT2D eigenvalue weighted by Gasteiger charge is -2.12. The molecule has 0 radical (unpaired) electrons. The molecule has 2 aromatic heterocycles. The number of pyridine rings is 1. The van der Waals surface area contributed by atoms with Crippen LogP contribution in [0.2, 0.25) is 5.02 Å².